The minimum absolute atomic E-state index is 0.131. The number of benzene rings is 3. The van der Waals surface area contributed by atoms with Crippen LogP contribution >= 0.6 is 0 Å². The van der Waals surface area contributed by atoms with E-state index in [1.54, 1.807) is 12.1 Å². The van der Waals surface area contributed by atoms with Crippen molar-refractivity contribution < 1.29 is 31.1 Å². The van der Waals surface area contributed by atoms with Crippen LogP contribution in [0.2, 0.25) is 0 Å². The number of rotatable bonds is 6. The average Bonchev–Trinajstić information content (AvgIpc) is 2.68. The Labute approximate surface area is 169 Å². The first-order valence-corrected chi connectivity index (χ1v) is 9.23. The van der Waals surface area contributed by atoms with Crippen LogP contribution in [0.5, 0.6) is 5.75 Å². The van der Waals surface area contributed by atoms with Crippen molar-refractivity contribution in [3.05, 3.63) is 89.2 Å². The molecule has 0 unspecified atom stereocenters. The van der Waals surface area contributed by atoms with Crippen LogP contribution < -0.4 is 4.74 Å². The lowest BCUT2D eigenvalue weighted by atomic mass is 10.0. The Morgan fingerprint density at radius 2 is 1.37 bits per heavy atom. The third kappa shape index (κ3) is 4.96. The molecule has 0 bridgehead atoms. The molecule has 0 aromatic heterocycles. The third-order valence-corrected chi connectivity index (χ3v) is 4.54. The fraction of sp³-hybridized carbons (Fsp3) is 0.217. The van der Waals surface area contributed by atoms with Crippen molar-refractivity contribution in [2.24, 2.45) is 0 Å². The van der Waals surface area contributed by atoms with Crippen LogP contribution in [0.4, 0.5) is 26.3 Å². The maximum absolute atomic E-state index is 14.4. The molecule has 0 spiro atoms. The second kappa shape index (κ2) is 8.42. The van der Waals surface area contributed by atoms with Gasteiger partial charge in [0, 0.05) is 0 Å². The predicted molar refractivity (Wildman–Crippen MR) is 102 cm³/mol. The van der Waals surface area contributed by atoms with Gasteiger partial charge < -0.3 is 4.74 Å². The Hall–Kier alpha value is -2.96. The van der Waals surface area contributed by atoms with E-state index in [2.05, 4.69) is 0 Å². The fourth-order valence-corrected chi connectivity index (χ4v) is 3.00. The molecule has 3 rings (SSSR count). The summed E-state index contributed by atoms with van der Waals surface area (Å²) in [5, 5.41) is 0. The molecule has 0 saturated carbocycles. The number of ether oxygens (including phenoxy) is 1. The zero-order valence-electron chi connectivity index (χ0n) is 15.9. The maximum atomic E-state index is 14.4. The van der Waals surface area contributed by atoms with Crippen LogP contribution in [-0.2, 0) is 18.7 Å². The summed E-state index contributed by atoms with van der Waals surface area (Å²) in [5.74, 6) is -1.54. The van der Waals surface area contributed by atoms with Crippen molar-refractivity contribution in [3.8, 4) is 16.9 Å². The topological polar surface area (TPSA) is 9.23 Å². The highest BCUT2D eigenvalue weighted by Crippen LogP contribution is 2.35. The molecule has 0 amide bonds. The van der Waals surface area contributed by atoms with E-state index >= 15 is 0 Å². The van der Waals surface area contributed by atoms with Crippen molar-refractivity contribution in [2.45, 2.75) is 32.1 Å². The molecule has 30 heavy (non-hydrogen) atoms. The van der Waals surface area contributed by atoms with E-state index in [1.165, 1.54) is 36.4 Å². The molecule has 0 radical (unpaired) electrons. The van der Waals surface area contributed by atoms with Crippen LogP contribution in [0.15, 0.2) is 66.7 Å². The lowest BCUT2D eigenvalue weighted by Gasteiger charge is -2.19. The summed E-state index contributed by atoms with van der Waals surface area (Å²) in [6.07, 6.45) is -6.66. The van der Waals surface area contributed by atoms with Crippen molar-refractivity contribution in [1.29, 1.82) is 0 Å². The number of alkyl halides is 5. The zero-order valence-corrected chi connectivity index (χ0v) is 15.9. The standard InChI is InChI=1S/C23H18F6O/c1-2-3-15-4-9-18(10-5-15)23(28,29)30-19-11-6-16(7-12-19)17-8-13-20(21(24)14-17)22(25,26)27/h4-14H,2-3H2,1H3. The molecule has 0 atom stereocenters. The van der Waals surface area contributed by atoms with Gasteiger partial charge >= 0.3 is 12.3 Å². The van der Waals surface area contributed by atoms with Gasteiger partial charge in [0.15, 0.2) is 0 Å². The summed E-state index contributed by atoms with van der Waals surface area (Å²) in [7, 11) is 0. The Kier molecular flexibility index (Phi) is 6.10. The molecule has 0 aliphatic heterocycles. The minimum atomic E-state index is -4.79. The quantitative estimate of drug-likeness (QED) is 0.371. The molecule has 0 fully saturated rings. The first kappa shape index (κ1) is 21.7. The first-order valence-electron chi connectivity index (χ1n) is 9.23. The van der Waals surface area contributed by atoms with E-state index in [9.17, 15) is 26.3 Å². The van der Waals surface area contributed by atoms with Gasteiger partial charge in [-0.05, 0) is 59.5 Å². The zero-order chi connectivity index (χ0) is 21.9. The molecular formula is C23H18F6O. The molecule has 7 heteroatoms. The summed E-state index contributed by atoms with van der Waals surface area (Å²) in [5.41, 5.74) is -0.162. The average molecular weight is 424 g/mol. The molecule has 0 aliphatic carbocycles. The fourth-order valence-electron chi connectivity index (χ4n) is 3.00. The third-order valence-electron chi connectivity index (χ3n) is 4.54. The highest BCUT2D eigenvalue weighted by molar-refractivity contribution is 5.64. The van der Waals surface area contributed by atoms with Crippen molar-refractivity contribution in [3.63, 3.8) is 0 Å². The van der Waals surface area contributed by atoms with Gasteiger partial charge in [0.25, 0.3) is 0 Å². The second-order valence-electron chi connectivity index (χ2n) is 6.78. The van der Waals surface area contributed by atoms with Gasteiger partial charge in [-0.25, -0.2) is 4.39 Å². The van der Waals surface area contributed by atoms with Crippen LogP contribution in [-0.4, -0.2) is 0 Å². The lowest BCUT2D eigenvalue weighted by molar-refractivity contribution is -0.185. The molecular weight excluding hydrogens is 406 g/mol. The Balaban J connectivity index is 1.76. The van der Waals surface area contributed by atoms with E-state index in [4.69, 9.17) is 4.74 Å². The highest BCUT2D eigenvalue weighted by Gasteiger charge is 2.35. The largest absolute Gasteiger partial charge is 0.429 e. The Morgan fingerprint density at radius 3 is 1.90 bits per heavy atom. The normalized spacial score (nSPS) is 12.1. The Morgan fingerprint density at radius 1 is 0.767 bits per heavy atom. The number of hydrogen-bond acceptors (Lipinski definition) is 1. The second-order valence-corrected chi connectivity index (χ2v) is 6.78. The van der Waals surface area contributed by atoms with Crippen molar-refractivity contribution in [2.75, 3.05) is 0 Å². The molecule has 0 N–H and O–H groups in total. The maximum Gasteiger partial charge on any atom is 0.426 e. The van der Waals surface area contributed by atoms with Crippen LogP contribution in [0.1, 0.15) is 30.0 Å². The molecule has 3 aromatic rings. The summed E-state index contributed by atoms with van der Waals surface area (Å²) < 4.78 is 85.4. The molecule has 0 saturated heterocycles. The molecule has 0 aliphatic rings. The summed E-state index contributed by atoms with van der Waals surface area (Å²) in [6, 6.07) is 13.6. The molecule has 158 valence electrons. The van der Waals surface area contributed by atoms with Gasteiger partial charge in [-0.3, -0.25) is 0 Å². The SMILES string of the molecule is CCCc1ccc(C(F)(F)Oc2ccc(-c3ccc(C(F)(F)F)c(F)c3)cc2)cc1. The van der Waals surface area contributed by atoms with Gasteiger partial charge in [-0.2, -0.15) is 22.0 Å². The van der Waals surface area contributed by atoms with Gasteiger partial charge in [0.1, 0.15) is 11.6 Å². The summed E-state index contributed by atoms with van der Waals surface area (Å²) in [6.45, 7) is 1.99. The van der Waals surface area contributed by atoms with Crippen molar-refractivity contribution in [1.82, 2.24) is 0 Å². The summed E-state index contributed by atoms with van der Waals surface area (Å²) in [4.78, 5) is 0. The van der Waals surface area contributed by atoms with E-state index in [0.717, 1.165) is 30.5 Å². The predicted octanol–water partition coefficient (Wildman–Crippen LogP) is 7.59. The number of hydrogen-bond donors (Lipinski definition) is 0. The van der Waals surface area contributed by atoms with E-state index in [1.807, 2.05) is 6.92 Å². The molecule has 0 heterocycles. The van der Waals surface area contributed by atoms with Crippen LogP contribution in [0.3, 0.4) is 0 Å². The first-order chi connectivity index (χ1) is 14.1. The minimum Gasteiger partial charge on any atom is -0.429 e. The van der Waals surface area contributed by atoms with Gasteiger partial charge in [0.05, 0.1) is 11.1 Å². The van der Waals surface area contributed by atoms with Crippen LogP contribution in [0.25, 0.3) is 11.1 Å². The van der Waals surface area contributed by atoms with Gasteiger partial charge in [0.2, 0.25) is 0 Å². The van der Waals surface area contributed by atoms with E-state index in [0.29, 0.717) is 11.6 Å². The molecule has 1 nitrogen and oxygen atoms in total. The highest BCUT2D eigenvalue weighted by atomic mass is 19.4. The van der Waals surface area contributed by atoms with Crippen LogP contribution in [0, 0.1) is 5.82 Å². The lowest BCUT2D eigenvalue weighted by Crippen LogP contribution is -2.21. The van der Waals surface area contributed by atoms with E-state index < -0.39 is 23.7 Å². The summed E-state index contributed by atoms with van der Waals surface area (Å²) >= 11 is 0. The van der Waals surface area contributed by atoms with E-state index in [-0.39, 0.29) is 16.9 Å². The number of halogens is 6. The Bertz CT molecular complexity index is 992. The smallest absolute Gasteiger partial charge is 0.426 e. The van der Waals surface area contributed by atoms with Crippen molar-refractivity contribution >= 4 is 0 Å². The number of aryl methyl sites for hydroxylation is 1. The van der Waals surface area contributed by atoms with Gasteiger partial charge in [-0.15, -0.1) is 0 Å². The molecule has 3 aromatic carbocycles. The monoisotopic (exact) mass is 424 g/mol. The van der Waals surface area contributed by atoms with Gasteiger partial charge in [-0.1, -0.05) is 43.7 Å².